The number of thiophene rings is 1. The first-order chi connectivity index (χ1) is 9.04. The number of aryl methyl sites for hydroxylation is 2. The quantitative estimate of drug-likeness (QED) is 0.665. The molecule has 0 aromatic carbocycles. The summed E-state index contributed by atoms with van der Waals surface area (Å²) < 4.78 is 0. The van der Waals surface area contributed by atoms with Gasteiger partial charge in [-0.3, -0.25) is 4.79 Å². The van der Waals surface area contributed by atoms with E-state index in [0.29, 0.717) is 23.5 Å². The fraction of sp³-hybridized carbons (Fsp3) is 0.286. The highest BCUT2D eigenvalue weighted by Crippen LogP contribution is 2.34. The Bertz CT molecular complexity index is 682. The number of nitrogens with one attached hydrogen (secondary N) is 1. The van der Waals surface area contributed by atoms with Crippen LogP contribution in [0.4, 0.5) is 5.69 Å². The Kier molecular flexibility index (Phi) is 3.72. The predicted molar refractivity (Wildman–Crippen MR) is 79.3 cm³/mol. The van der Waals surface area contributed by atoms with Gasteiger partial charge in [0.15, 0.2) is 0 Å². The van der Waals surface area contributed by atoms with E-state index < -0.39 is 0 Å². The van der Waals surface area contributed by atoms with E-state index in [1.165, 1.54) is 11.3 Å². The maximum atomic E-state index is 12.0. The number of nitrogens with two attached hydrogens (primary N) is 1. The van der Waals surface area contributed by atoms with Gasteiger partial charge in [-0.05, 0) is 25.5 Å². The first-order valence-corrected chi connectivity index (χ1v) is 6.74. The van der Waals surface area contributed by atoms with Crippen LogP contribution in [0.1, 0.15) is 27.3 Å². The molecule has 1 amide bonds. The van der Waals surface area contributed by atoms with Gasteiger partial charge >= 0.3 is 0 Å². The Labute approximate surface area is 116 Å². The molecule has 2 aromatic heterocycles. The molecule has 19 heavy (non-hydrogen) atoms. The maximum Gasteiger partial charge on any atom is 0.263 e. The maximum absolute atomic E-state index is 12.0. The van der Waals surface area contributed by atoms with Gasteiger partial charge in [0.1, 0.15) is 9.71 Å². The number of terminal acetylenes is 1. The lowest BCUT2D eigenvalue weighted by Gasteiger charge is -2.02. The van der Waals surface area contributed by atoms with E-state index in [1.54, 1.807) is 0 Å². The second-order valence-corrected chi connectivity index (χ2v) is 5.31. The Hall–Kier alpha value is -2.06. The fourth-order valence-electron chi connectivity index (χ4n) is 1.97. The van der Waals surface area contributed by atoms with Crippen LogP contribution in [0, 0.1) is 26.2 Å². The van der Waals surface area contributed by atoms with Crippen LogP contribution in [-0.2, 0) is 0 Å². The molecule has 0 aliphatic heterocycles. The summed E-state index contributed by atoms with van der Waals surface area (Å²) in [5, 5.41) is 3.63. The second kappa shape index (κ2) is 5.29. The van der Waals surface area contributed by atoms with E-state index in [1.807, 2.05) is 19.9 Å². The van der Waals surface area contributed by atoms with Gasteiger partial charge in [-0.1, -0.05) is 0 Å². The molecule has 5 heteroatoms. The minimum atomic E-state index is -0.187. The first-order valence-electron chi connectivity index (χ1n) is 5.92. The van der Waals surface area contributed by atoms with Gasteiger partial charge in [-0.2, -0.15) is 0 Å². The van der Waals surface area contributed by atoms with Gasteiger partial charge in [0.05, 0.1) is 5.69 Å². The number of nitrogens with zero attached hydrogens (tertiary/aromatic N) is 1. The van der Waals surface area contributed by atoms with Crippen molar-refractivity contribution in [3.05, 3.63) is 22.2 Å². The molecule has 3 N–H and O–H groups in total. The number of nitrogen functional groups attached to an aromatic ring is 1. The molecule has 0 aliphatic rings. The summed E-state index contributed by atoms with van der Waals surface area (Å²) in [6, 6.07) is 1.96. The average molecular weight is 273 g/mol. The van der Waals surface area contributed by atoms with Crippen LogP contribution in [-0.4, -0.2) is 17.4 Å². The Morgan fingerprint density at radius 1 is 1.58 bits per heavy atom. The van der Waals surface area contributed by atoms with Crippen LogP contribution in [0.3, 0.4) is 0 Å². The number of rotatable bonds is 3. The van der Waals surface area contributed by atoms with Crippen molar-refractivity contribution in [1.82, 2.24) is 10.3 Å². The molecule has 0 aliphatic carbocycles. The van der Waals surface area contributed by atoms with Gasteiger partial charge in [0.25, 0.3) is 5.91 Å². The zero-order valence-corrected chi connectivity index (χ0v) is 11.7. The van der Waals surface area contributed by atoms with Crippen LogP contribution in [0.5, 0.6) is 0 Å². The molecule has 98 valence electrons. The first kappa shape index (κ1) is 13.4. The number of amides is 1. The van der Waals surface area contributed by atoms with Crippen LogP contribution >= 0.6 is 11.3 Å². The lowest BCUT2D eigenvalue weighted by atomic mass is 10.1. The van der Waals surface area contributed by atoms with Gasteiger partial charge in [-0.15, -0.1) is 23.7 Å². The Morgan fingerprint density at radius 3 is 3.00 bits per heavy atom. The highest BCUT2D eigenvalue weighted by Gasteiger charge is 2.18. The summed E-state index contributed by atoms with van der Waals surface area (Å²) in [5.74, 6) is 2.29. The average Bonchev–Trinajstić information content (AvgIpc) is 2.66. The zero-order valence-electron chi connectivity index (χ0n) is 10.9. The third-order valence-corrected chi connectivity index (χ3v) is 3.88. The Balaban J connectivity index is 2.40. The summed E-state index contributed by atoms with van der Waals surface area (Å²) in [6.45, 7) is 4.35. The molecule has 4 nitrogen and oxygen atoms in total. The van der Waals surface area contributed by atoms with Crippen LogP contribution in [0.2, 0.25) is 0 Å². The summed E-state index contributed by atoms with van der Waals surface area (Å²) in [5.41, 5.74) is 8.53. The molecule has 0 radical (unpaired) electrons. The third kappa shape index (κ3) is 2.54. The van der Waals surface area contributed by atoms with Crippen molar-refractivity contribution in [3.8, 4) is 12.3 Å². The van der Waals surface area contributed by atoms with Crippen molar-refractivity contribution in [2.24, 2.45) is 0 Å². The van der Waals surface area contributed by atoms with Crippen molar-refractivity contribution >= 4 is 33.1 Å². The van der Waals surface area contributed by atoms with E-state index in [4.69, 9.17) is 12.2 Å². The molecule has 0 saturated heterocycles. The van der Waals surface area contributed by atoms with Crippen molar-refractivity contribution in [2.75, 3.05) is 12.3 Å². The molecular weight excluding hydrogens is 258 g/mol. The molecule has 0 saturated carbocycles. The number of hydrogen-bond acceptors (Lipinski definition) is 4. The predicted octanol–water partition coefficient (Wildman–Crippen LogP) is 2.25. The molecule has 0 spiro atoms. The van der Waals surface area contributed by atoms with Crippen molar-refractivity contribution in [2.45, 2.75) is 20.3 Å². The number of anilines is 1. The van der Waals surface area contributed by atoms with Gasteiger partial charge in [-0.25, -0.2) is 4.98 Å². The lowest BCUT2D eigenvalue weighted by molar-refractivity contribution is 0.0959. The number of hydrogen-bond donors (Lipinski definition) is 2. The summed E-state index contributed by atoms with van der Waals surface area (Å²) in [4.78, 5) is 17.8. The summed E-state index contributed by atoms with van der Waals surface area (Å²) >= 11 is 1.32. The van der Waals surface area contributed by atoms with E-state index in [9.17, 15) is 4.79 Å². The minimum Gasteiger partial charge on any atom is -0.397 e. The van der Waals surface area contributed by atoms with Crippen LogP contribution in [0.15, 0.2) is 6.07 Å². The molecule has 0 fully saturated rings. The molecular formula is C14H15N3OS. The van der Waals surface area contributed by atoms with E-state index >= 15 is 0 Å². The number of carbonyl (C=O) groups excluding carboxylic acids is 1. The molecule has 0 unspecified atom stereocenters. The summed E-state index contributed by atoms with van der Waals surface area (Å²) in [6.07, 6.45) is 5.65. The molecule has 2 rings (SSSR count). The topological polar surface area (TPSA) is 68.0 Å². The number of pyridine rings is 1. The monoisotopic (exact) mass is 273 g/mol. The van der Waals surface area contributed by atoms with Gasteiger partial charge in [0, 0.05) is 24.0 Å². The molecule has 0 bridgehead atoms. The fourth-order valence-corrected chi connectivity index (χ4v) is 3.10. The highest BCUT2D eigenvalue weighted by molar-refractivity contribution is 7.21. The van der Waals surface area contributed by atoms with E-state index in [2.05, 4.69) is 16.2 Å². The minimum absolute atomic E-state index is 0.187. The largest absolute Gasteiger partial charge is 0.397 e. The third-order valence-electron chi connectivity index (χ3n) is 2.79. The van der Waals surface area contributed by atoms with E-state index in [0.717, 1.165) is 21.5 Å². The second-order valence-electron chi connectivity index (χ2n) is 4.32. The van der Waals surface area contributed by atoms with Crippen molar-refractivity contribution in [3.63, 3.8) is 0 Å². The molecule has 2 heterocycles. The van der Waals surface area contributed by atoms with Gasteiger partial charge in [0.2, 0.25) is 0 Å². The SMILES string of the molecule is C#CCCNC(=O)c1sc2nc(C)cc(C)c2c1N. The van der Waals surface area contributed by atoms with E-state index in [-0.39, 0.29) is 5.91 Å². The normalized spacial score (nSPS) is 10.4. The zero-order chi connectivity index (χ0) is 14.0. The van der Waals surface area contributed by atoms with Crippen LogP contribution < -0.4 is 11.1 Å². The number of fused-ring (bicyclic) bond motifs is 1. The highest BCUT2D eigenvalue weighted by atomic mass is 32.1. The number of carbonyl (C=O) groups is 1. The van der Waals surface area contributed by atoms with Gasteiger partial charge < -0.3 is 11.1 Å². The smallest absolute Gasteiger partial charge is 0.263 e. The summed E-state index contributed by atoms with van der Waals surface area (Å²) in [7, 11) is 0. The van der Waals surface area contributed by atoms with Crippen LogP contribution in [0.25, 0.3) is 10.2 Å². The van der Waals surface area contributed by atoms with Crippen molar-refractivity contribution < 1.29 is 4.79 Å². The lowest BCUT2D eigenvalue weighted by Crippen LogP contribution is -2.23. The van der Waals surface area contributed by atoms with Crippen molar-refractivity contribution in [1.29, 1.82) is 0 Å². The Morgan fingerprint density at radius 2 is 2.32 bits per heavy atom. The molecule has 0 atom stereocenters. The molecule has 2 aromatic rings. The number of aromatic nitrogens is 1. The standard InChI is InChI=1S/C14H15N3OS/c1-4-5-6-16-13(18)12-11(15)10-8(2)7-9(3)17-14(10)19-12/h1,7H,5-6,15H2,2-3H3,(H,16,18).